The molecule has 0 radical (unpaired) electrons. The zero-order valence-corrected chi connectivity index (χ0v) is 52.9. The largest absolute Gasteiger partial charge is 1.00 e. The molecule has 326 valence electrons. The molecular weight excluding hydrogens is 927 g/mol. The fourth-order valence-electron chi connectivity index (χ4n) is 10.5. The van der Waals surface area contributed by atoms with E-state index in [1.807, 2.05) is 15.6 Å². The van der Waals surface area contributed by atoms with Gasteiger partial charge in [-0.05, 0) is 0 Å². The summed E-state index contributed by atoms with van der Waals surface area (Å²) in [5.41, 5.74) is 10.7. The molecule has 0 spiro atoms. The van der Waals surface area contributed by atoms with Gasteiger partial charge in [-0.1, -0.05) is 0 Å². The second kappa shape index (κ2) is 18.3. The van der Waals surface area contributed by atoms with E-state index < -0.39 is 56.5 Å². The summed E-state index contributed by atoms with van der Waals surface area (Å²) in [6.07, 6.45) is 0. The third-order valence-corrected chi connectivity index (χ3v) is 35.2. The molecule has 0 nitrogen and oxygen atoms in total. The van der Waals surface area contributed by atoms with Crippen LogP contribution in [0.2, 0.25) is 121 Å². The van der Waals surface area contributed by atoms with Crippen molar-refractivity contribution in [1.82, 2.24) is 0 Å². The predicted octanol–water partition coefficient (Wildman–Crippen LogP) is 0.296. The molecule has 0 N–H and O–H groups in total. The van der Waals surface area contributed by atoms with Crippen molar-refractivity contribution in [3.05, 3.63) is 75.4 Å². The maximum atomic E-state index is 2.83. The molecule has 3 aromatic carbocycles. The van der Waals surface area contributed by atoms with E-state index in [2.05, 4.69) is 223 Å². The van der Waals surface area contributed by atoms with Crippen molar-refractivity contribution in [3.8, 4) is 0 Å². The van der Waals surface area contributed by atoms with Gasteiger partial charge >= 0.3 is 369 Å². The third kappa shape index (κ3) is 10.1. The van der Waals surface area contributed by atoms with E-state index in [1.165, 1.54) is 27.8 Å². The van der Waals surface area contributed by atoms with Crippen LogP contribution in [-0.4, -0.2) is 56.5 Å². The van der Waals surface area contributed by atoms with Crippen LogP contribution in [0.1, 0.15) is 44.4 Å². The van der Waals surface area contributed by atoms with Crippen LogP contribution in [0, 0.1) is 20.8 Å². The Bertz CT molecular complexity index is 1920. The zero-order valence-electron chi connectivity index (χ0n) is 42.1. The van der Waals surface area contributed by atoms with E-state index in [9.17, 15) is 0 Å². The van der Waals surface area contributed by atoms with Gasteiger partial charge < -0.3 is 37.2 Å². The number of benzene rings is 3. The Morgan fingerprint density at radius 1 is 0.322 bits per heavy atom. The van der Waals surface area contributed by atoms with Gasteiger partial charge in [0.25, 0.3) is 0 Å². The monoisotopic (exact) mass is 1010 g/mol. The first kappa shape index (κ1) is 57.3. The summed E-state index contributed by atoms with van der Waals surface area (Å²) in [5, 5.41) is 16.0. The summed E-state index contributed by atoms with van der Waals surface area (Å²) in [4.78, 5) is 0. The Morgan fingerprint density at radius 2 is 0.508 bits per heavy atom. The van der Waals surface area contributed by atoms with Crippen molar-refractivity contribution in [2.75, 3.05) is 0 Å². The molecule has 0 amide bonds. The standard InChI is InChI=1S/C48H81Si7.3ClH.Ti/c1-32-26-39(49(8,9)10)46(52(17,18)19)42(29-32)55(45-37(6)35(4)36(5)38(45)7,43-30-33(2)27-40(50(11,12)13)47(43)53(20,21)22)44-31-34(3)28-41(51(14,15)16)48(44)54(23,24)25;;;;/h26-31H,1-25H3;3*1H;/q;;;;+3/p-3. The Kier molecular flexibility index (Phi) is 17.7. The molecule has 0 aliphatic heterocycles. The number of hydrogen-bond donors (Lipinski definition) is 0. The molecule has 3 aromatic rings. The second-order valence-corrected chi connectivity index (χ2v) is 60.1. The van der Waals surface area contributed by atoms with Crippen molar-refractivity contribution in [2.45, 2.75) is 170 Å². The van der Waals surface area contributed by atoms with E-state index in [0.29, 0.717) is 0 Å². The molecule has 0 aromatic heterocycles. The number of rotatable bonds is 10. The molecule has 1 aliphatic rings. The van der Waals surface area contributed by atoms with E-state index in [-0.39, 0.29) is 40.6 Å². The van der Waals surface area contributed by atoms with Crippen LogP contribution < -0.4 is 83.9 Å². The van der Waals surface area contributed by atoms with Gasteiger partial charge in [0.05, 0.1) is 0 Å². The summed E-state index contributed by atoms with van der Waals surface area (Å²) in [7, 11) is -14.5. The van der Waals surface area contributed by atoms with Crippen LogP contribution in [0.4, 0.5) is 0 Å². The first-order valence-electron chi connectivity index (χ1n) is 21.5. The first-order chi connectivity index (χ1) is 24.9. The second-order valence-electron chi connectivity index (χ2n) is 24.2. The quantitative estimate of drug-likeness (QED) is 0.203. The van der Waals surface area contributed by atoms with Crippen LogP contribution in [0.5, 0.6) is 0 Å². The van der Waals surface area contributed by atoms with Gasteiger partial charge in [-0.25, -0.2) is 0 Å². The number of aryl methyl sites for hydroxylation is 3. The minimum Gasteiger partial charge on any atom is -1.00 e. The van der Waals surface area contributed by atoms with Gasteiger partial charge in [0.2, 0.25) is 0 Å². The molecule has 11 heteroatoms. The van der Waals surface area contributed by atoms with E-state index in [1.54, 1.807) is 42.3 Å². The molecule has 0 saturated carbocycles. The smallest absolute Gasteiger partial charge is 1.00 e. The molecule has 0 unspecified atom stereocenters. The van der Waals surface area contributed by atoms with Gasteiger partial charge in [-0.15, -0.1) is 0 Å². The molecule has 0 atom stereocenters. The number of halogens is 3. The molecule has 0 fully saturated rings. The summed E-state index contributed by atoms with van der Waals surface area (Å²) in [6.45, 7) is 65.3. The van der Waals surface area contributed by atoms with Crippen molar-refractivity contribution < 1.29 is 57.7 Å². The first-order valence-corrected chi connectivity index (χ1v) is 45.2. The maximum Gasteiger partial charge on any atom is -1.00 e. The van der Waals surface area contributed by atoms with E-state index in [4.69, 9.17) is 0 Å². The summed E-state index contributed by atoms with van der Waals surface area (Å²) < 4.78 is -0.155. The Morgan fingerprint density at radius 3 is 0.678 bits per heavy atom. The zero-order chi connectivity index (χ0) is 43.5. The van der Waals surface area contributed by atoms with Crippen molar-refractivity contribution in [3.63, 3.8) is 0 Å². The summed E-state index contributed by atoms with van der Waals surface area (Å²) >= 11 is 2.80. The molecule has 0 saturated heterocycles. The fourth-order valence-corrected chi connectivity index (χ4v) is 41.5. The van der Waals surface area contributed by atoms with Gasteiger partial charge in [0.1, 0.15) is 0 Å². The van der Waals surface area contributed by atoms with Crippen LogP contribution in [0.3, 0.4) is 0 Å². The molecule has 4 rings (SSSR count). The van der Waals surface area contributed by atoms with Gasteiger partial charge in [0, 0.05) is 0 Å². The third-order valence-electron chi connectivity index (χ3n) is 13.1. The van der Waals surface area contributed by atoms with Crippen molar-refractivity contribution >= 4 is 103 Å². The molecule has 1 aliphatic carbocycles. The van der Waals surface area contributed by atoms with Crippen LogP contribution in [-0.2, 0) is 20.4 Å². The Hall–Kier alpha value is 0.242. The number of allylic oxidation sites excluding steroid dienone is 4. The van der Waals surface area contributed by atoms with Crippen molar-refractivity contribution in [1.29, 1.82) is 0 Å². The normalized spacial score (nSPS) is 15.6. The van der Waals surface area contributed by atoms with Gasteiger partial charge in [-0.3, -0.25) is 0 Å². The van der Waals surface area contributed by atoms with Gasteiger partial charge in [-0.2, -0.15) is 0 Å². The van der Waals surface area contributed by atoms with E-state index in [0.717, 1.165) is 0 Å². The van der Waals surface area contributed by atoms with Crippen molar-refractivity contribution in [2.24, 2.45) is 0 Å². The maximum absolute atomic E-state index is 3.16. The fraction of sp³-hybridized carbons (Fsp3) is 0.542. The molecule has 59 heavy (non-hydrogen) atoms. The van der Waals surface area contributed by atoms with Gasteiger partial charge in [0.15, 0.2) is 0 Å². The summed E-state index contributed by atoms with van der Waals surface area (Å²) in [6, 6.07) is 16.5. The minimum absolute atomic E-state index is 0. The number of hydrogen-bond acceptors (Lipinski definition) is 0. The topological polar surface area (TPSA) is 0 Å². The Labute approximate surface area is 402 Å². The Balaban J connectivity index is 0.00000580. The summed E-state index contributed by atoms with van der Waals surface area (Å²) in [5.74, 6) is 0. The van der Waals surface area contributed by atoms with Crippen LogP contribution in [0.25, 0.3) is 0 Å². The minimum atomic E-state index is -3.16. The van der Waals surface area contributed by atoms with Crippen LogP contribution in [0.15, 0.2) is 58.7 Å². The average molecular weight is 1010 g/mol. The van der Waals surface area contributed by atoms with Crippen LogP contribution >= 0.6 is 0 Å². The average Bonchev–Trinajstić information content (AvgIpc) is 3.13. The molecule has 0 heterocycles. The molecular formula is C48H81Cl3Si7Ti. The predicted molar refractivity (Wildman–Crippen MR) is 276 cm³/mol. The van der Waals surface area contributed by atoms with E-state index >= 15 is 0 Å². The molecule has 0 bridgehead atoms. The SMILES string of the molecule is CC1=C(C)[C]([Ti+3])([Si](c2cc(C)cc([Si](C)(C)C)c2[Si](C)(C)C)(c2cc(C)cc([Si](C)(C)C)c2[Si](C)(C)C)c2cc(C)cc([Si](C)(C)C)c2[Si](C)(C)C)C(C)=C1C.[Cl-].[Cl-].[Cl-].